The number of amides is 1. The van der Waals surface area contributed by atoms with Crippen LogP contribution >= 0.6 is 0 Å². The molecule has 0 aliphatic rings. The van der Waals surface area contributed by atoms with Gasteiger partial charge in [0.05, 0.1) is 17.2 Å². The zero-order chi connectivity index (χ0) is 16.8. The molecule has 0 spiro atoms. The van der Waals surface area contributed by atoms with E-state index >= 15 is 0 Å². The second-order valence-corrected chi connectivity index (χ2v) is 5.26. The Labute approximate surface area is 133 Å². The van der Waals surface area contributed by atoms with Crippen LogP contribution in [-0.2, 0) is 16.1 Å². The second kappa shape index (κ2) is 7.53. The average Bonchev–Trinajstić information content (AvgIpc) is 2.54. The standard InChI is InChI=1S/C16H19N3O4/c1-2-5-13(16(22)23)18-14(20)8-9-19-10-17-12-7-4-3-6-11(12)15(19)21/h3-4,6-7,10,13H,2,5,8-9H2,1H3,(H,18,20)(H,22,23). The van der Waals surface area contributed by atoms with Gasteiger partial charge in [-0.25, -0.2) is 9.78 Å². The second-order valence-electron chi connectivity index (χ2n) is 5.26. The Kier molecular flexibility index (Phi) is 5.46. The summed E-state index contributed by atoms with van der Waals surface area (Å²) in [4.78, 5) is 39.3. The Hall–Kier alpha value is -2.70. The summed E-state index contributed by atoms with van der Waals surface area (Å²) in [5.41, 5.74) is 0.388. The van der Waals surface area contributed by atoms with Crippen LogP contribution in [0.1, 0.15) is 26.2 Å². The molecular weight excluding hydrogens is 298 g/mol. The van der Waals surface area contributed by atoms with Gasteiger partial charge in [0.2, 0.25) is 5.91 Å². The maximum Gasteiger partial charge on any atom is 0.326 e. The van der Waals surface area contributed by atoms with Gasteiger partial charge in [-0.2, -0.15) is 0 Å². The van der Waals surface area contributed by atoms with Crippen LogP contribution in [0, 0.1) is 0 Å². The number of rotatable bonds is 7. The molecule has 1 aromatic heterocycles. The molecule has 2 aromatic rings. The predicted octanol–water partition coefficient (Wildman–Crippen LogP) is 1.16. The van der Waals surface area contributed by atoms with Gasteiger partial charge < -0.3 is 10.4 Å². The summed E-state index contributed by atoms with van der Waals surface area (Å²) < 4.78 is 1.36. The van der Waals surface area contributed by atoms with Gasteiger partial charge in [0.25, 0.3) is 5.56 Å². The highest BCUT2D eigenvalue weighted by atomic mass is 16.4. The van der Waals surface area contributed by atoms with Crippen LogP contribution in [0.5, 0.6) is 0 Å². The fourth-order valence-electron chi connectivity index (χ4n) is 2.30. The molecule has 1 atom stereocenters. The molecule has 0 saturated heterocycles. The van der Waals surface area contributed by atoms with Gasteiger partial charge >= 0.3 is 5.97 Å². The van der Waals surface area contributed by atoms with E-state index in [2.05, 4.69) is 10.3 Å². The summed E-state index contributed by atoms with van der Waals surface area (Å²) in [5, 5.41) is 12.0. The van der Waals surface area contributed by atoms with Crippen LogP contribution in [0.3, 0.4) is 0 Å². The number of carbonyl (C=O) groups is 2. The quantitative estimate of drug-likeness (QED) is 0.798. The lowest BCUT2D eigenvalue weighted by atomic mass is 10.1. The summed E-state index contributed by atoms with van der Waals surface area (Å²) in [6.07, 6.45) is 2.45. The zero-order valence-electron chi connectivity index (χ0n) is 12.9. The molecule has 0 bridgehead atoms. The summed E-state index contributed by atoms with van der Waals surface area (Å²) in [7, 11) is 0. The summed E-state index contributed by atoms with van der Waals surface area (Å²) >= 11 is 0. The van der Waals surface area contributed by atoms with Crippen molar-refractivity contribution in [2.45, 2.75) is 38.8 Å². The molecule has 0 fully saturated rings. The number of hydrogen-bond acceptors (Lipinski definition) is 4. The van der Waals surface area contributed by atoms with Gasteiger partial charge in [-0.05, 0) is 18.6 Å². The lowest BCUT2D eigenvalue weighted by molar-refractivity contribution is -0.142. The number of para-hydroxylation sites is 1. The van der Waals surface area contributed by atoms with Crippen molar-refractivity contribution in [1.82, 2.24) is 14.9 Å². The van der Waals surface area contributed by atoms with Crippen LogP contribution in [0.25, 0.3) is 10.9 Å². The molecule has 0 aliphatic heterocycles. The first-order chi connectivity index (χ1) is 11.0. The van der Waals surface area contributed by atoms with Crippen molar-refractivity contribution >= 4 is 22.8 Å². The number of nitrogens with zero attached hydrogens (tertiary/aromatic N) is 2. The molecule has 0 saturated carbocycles. The fraction of sp³-hybridized carbons (Fsp3) is 0.375. The lowest BCUT2D eigenvalue weighted by Gasteiger charge is -2.13. The minimum atomic E-state index is -1.05. The number of nitrogens with one attached hydrogen (secondary N) is 1. The van der Waals surface area contributed by atoms with E-state index in [1.54, 1.807) is 24.3 Å². The highest BCUT2D eigenvalue weighted by molar-refractivity contribution is 5.83. The minimum Gasteiger partial charge on any atom is -0.480 e. The Morgan fingerprint density at radius 2 is 2.09 bits per heavy atom. The molecule has 0 radical (unpaired) electrons. The van der Waals surface area contributed by atoms with E-state index in [4.69, 9.17) is 5.11 Å². The number of benzene rings is 1. The normalized spacial score (nSPS) is 12.0. The van der Waals surface area contributed by atoms with Crippen molar-refractivity contribution in [3.8, 4) is 0 Å². The first-order valence-electron chi connectivity index (χ1n) is 7.49. The summed E-state index contributed by atoms with van der Waals surface area (Å²) in [6.45, 7) is 2.00. The topological polar surface area (TPSA) is 101 Å². The van der Waals surface area contributed by atoms with Crippen LogP contribution in [0.15, 0.2) is 35.4 Å². The summed E-state index contributed by atoms with van der Waals surface area (Å²) in [5.74, 6) is -1.45. The van der Waals surface area contributed by atoms with Crippen molar-refractivity contribution in [2.75, 3.05) is 0 Å². The molecule has 7 heteroatoms. The van der Waals surface area contributed by atoms with Crippen molar-refractivity contribution in [3.05, 3.63) is 40.9 Å². The first kappa shape index (κ1) is 16.7. The monoisotopic (exact) mass is 317 g/mol. The van der Waals surface area contributed by atoms with Crippen molar-refractivity contribution < 1.29 is 14.7 Å². The molecule has 2 rings (SSSR count). The molecule has 7 nitrogen and oxygen atoms in total. The molecular formula is C16H19N3O4. The van der Waals surface area contributed by atoms with Gasteiger partial charge in [-0.1, -0.05) is 25.5 Å². The highest BCUT2D eigenvalue weighted by Gasteiger charge is 2.18. The molecule has 1 unspecified atom stereocenters. The Balaban J connectivity index is 2.03. The number of aromatic nitrogens is 2. The summed E-state index contributed by atoms with van der Waals surface area (Å²) in [6, 6.07) is 6.09. The molecule has 0 aliphatic carbocycles. The van der Waals surface area contributed by atoms with Gasteiger partial charge in [0.1, 0.15) is 6.04 Å². The molecule has 1 heterocycles. The Morgan fingerprint density at radius 1 is 1.35 bits per heavy atom. The highest BCUT2D eigenvalue weighted by Crippen LogP contribution is 2.05. The van der Waals surface area contributed by atoms with Gasteiger partial charge in [-0.3, -0.25) is 14.2 Å². The van der Waals surface area contributed by atoms with Crippen molar-refractivity contribution in [1.29, 1.82) is 0 Å². The average molecular weight is 317 g/mol. The Morgan fingerprint density at radius 3 is 2.78 bits per heavy atom. The number of carboxylic acids is 1. The zero-order valence-corrected chi connectivity index (χ0v) is 12.9. The smallest absolute Gasteiger partial charge is 0.326 e. The number of carbonyl (C=O) groups excluding carboxylic acids is 1. The molecule has 23 heavy (non-hydrogen) atoms. The molecule has 122 valence electrons. The number of hydrogen-bond donors (Lipinski definition) is 2. The van der Waals surface area contributed by atoms with E-state index in [0.29, 0.717) is 23.7 Å². The van der Waals surface area contributed by atoms with Gasteiger partial charge in [-0.15, -0.1) is 0 Å². The molecule has 1 amide bonds. The third-order valence-corrected chi connectivity index (χ3v) is 3.52. The van der Waals surface area contributed by atoms with E-state index in [1.807, 2.05) is 6.92 Å². The number of aliphatic carboxylic acids is 1. The van der Waals surface area contributed by atoms with E-state index in [0.717, 1.165) is 0 Å². The lowest BCUT2D eigenvalue weighted by Crippen LogP contribution is -2.41. The van der Waals surface area contributed by atoms with Gasteiger partial charge in [0.15, 0.2) is 0 Å². The van der Waals surface area contributed by atoms with E-state index in [9.17, 15) is 14.4 Å². The van der Waals surface area contributed by atoms with Gasteiger partial charge in [0, 0.05) is 13.0 Å². The predicted molar refractivity (Wildman–Crippen MR) is 85.1 cm³/mol. The largest absolute Gasteiger partial charge is 0.480 e. The molecule has 1 aromatic carbocycles. The van der Waals surface area contributed by atoms with Crippen molar-refractivity contribution in [2.24, 2.45) is 0 Å². The number of carboxylic acid groups (broad SMARTS) is 1. The Bertz CT molecular complexity index is 769. The van der Waals surface area contributed by atoms with E-state index in [1.165, 1.54) is 10.9 Å². The van der Waals surface area contributed by atoms with Crippen molar-refractivity contribution in [3.63, 3.8) is 0 Å². The van der Waals surface area contributed by atoms with E-state index in [-0.39, 0.29) is 18.5 Å². The maximum atomic E-state index is 12.3. The number of fused-ring (bicyclic) bond motifs is 1. The van der Waals surface area contributed by atoms with E-state index < -0.39 is 17.9 Å². The SMILES string of the molecule is CCCC(NC(=O)CCn1cnc2ccccc2c1=O)C(=O)O. The third kappa shape index (κ3) is 4.15. The van der Waals surface area contributed by atoms with Crippen LogP contribution in [0.2, 0.25) is 0 Å². The molecule has 2 N–H and O–H groups in total. The minimum absolute atomic E-state index is 0.0213. The fourth-order valence-corrected chi connectivity index (χ4v) is 2.30. The number of aryl methyl sites for hydroxylation is 1. The van der Waals surface area contributed by atoms with Crippen LogP contribution < -0.4 is 10.9 Å². The maximum absolute atomic E-state index is 12.3. The van der Waals surface area contributed by atoms with Crippen LogP contribution in [0.4, 0.5) is 0 Å². The third-order valence-electron chi connectivity index (χ3n) is 3.52. The van der Waals surface area contributed by atoms with Crippen LogP contribution in [-0.4, -0.2) is 32.6 Å². The first-order valence-corrected chi connectivity index (χ1v) is 7.49.